The Balaban J connectivity index is 1.79. The lowest BCUT2D eigenvalue weighted by atomic mass is 9.77. The van der Waals surface area contributed by atoms with Crippen molar-refractivity contribution in [2.45, 2.75) is 45.1 Å². The fourth-order valence-corrected chi connectivity index (χ4v) is 4.94. The van der Waals surface area contributed by atoms with Gasteiger partial charge in [-0.05, 0) is 36.5 Å². The molecule has 37 heavy (non-hydrogen) atoms. The Bertz CT molecular complexity index is 1410. The predicted octanol–water partition coefficient (Wildman–Crippen LogP) is 4.04. The van der Waals surface area contributed by atoms with Gasteiger partial charge in [-0.2, -0.15) is 0 Å². The van der Waals surface area contributed by atoms with E-state index < -0.39 is 15.8 Å². The van der Waals surface area contributed by atoms with Crippen molar-refractivity contribution in [1.82, 2.24) is 15.3 Å². The largest absolute Gasteiger partial charge is 0.475 e. The standard InChI is InChI=1S/C26H32FN5O4S/c1-16(2)28-8-9-36-26-23(31-37(4,34)35)10-18(13-30-26)19-11-20-22(12-21(19)27)29-14-24(32(3)15-33)25(20)17-6-5-7-17/h10-17,28,31H,5-9H2,1-4H3. The van der Waals surface area contributed by atoms with Crippen molar-refractivity contribution in [3.8, 4) is 17.0 Å². The summed E-state index contributed by atoms with van der Waals surface area (Å²) in [6.07, 6.45) is 7.88. The number of halogens is 1. The van der Waals surface area contributed by atoms with Crippen molar-refractivity contribution in [3.63, 3.8) is 0 Å². The number of benzene rings is 1. The summed E-state index contributed by atoms with van der Waals surface area (Å²) in [7, 11) is -1.98. The number of aromatic nitrogens is 2. The fourth-order valence-electron chi connectivity index (χ4n) is 4.39. The molecule has 4 rings (SSSR count). The van der Waals surface area contributed by atoms with Crippen LogP contribution in [-0.2, 0) is 14.8 Å². The quantitative estimate of drug-likeness (QED) is 0.285. The van der Waals surface area contributed by atoms with Gasteiger partial charge in [0, 0.05) is 48.4 Å². The second-order valence-electron chi connectivity index (χ2n) is 9.66. The topological polar surface area (TPSA) is 114 Å². The number of nitrogens with zero attached hydrogens (tertiary/aromatic N) is 3. The molecular weight excluding hydrogens is 497 g/mol. The summed E-state index contributed by atoms with van der Waals surface area (Å²) >= 11 is 0. The van der Waals surface area contributed by atoms with E-state index >= 15 is 4.39 Å². The zero-order chi connectivity index (χ0) is 26.7. The van der Waals surface area contributed by atoms with Crippen molar-refractivity contribution < 1.29 is 22.3 Å². The molecule has 0 unspecified atom stereocenters. The lowest BCUT2D eigenvalue weighted by molar-refractivity contribution is -0.107. The average Bonchev–Trinajstić information content (AvgIpc) is 2.79. The highest BCUT2D eigenvalue weighted by molar-refractivity contribution is 7.92. The van der Waals surface area contributed by atoms with Gasteiger partial charge in [0.05, 0.1) is 23.7 Å². The molecule has 198 valence electrons. The molecule has 3 aromatic rings. The molecule has 11 heteroatoms. The second-order valence-corrected chi connectivity index (χ2v) is 11.4. The van der Waals surface area contributed by atoms with Crippen molar-refractivity contribution in [2.24, 2.45) is 0 Å². The maximum atomic E-state index is 15.3. The van der Waals surface area contributed by atoms with Gasteiger partial charge in [0.15, 0.2) is 0 Å². The van der Waals surface area contributed by atoms with Crippen LogP contribution in [0.25, 0.3) is 22.0 Å². The first-order valence-electron chi connectivity index (χ1n) is 12.2. The Morgan fingerprint density at radius 2 is 1.97 bits per heavy atom. The van der Waals surface area contributed by atoms with E-state index in [4.69, 9.17) is 4.74 Å². The molecule has 0 bridgehead atoms. The second kappa shape index (κ2) is 11.0. The normalized spacial score (nSPS) is 14.0. The van der Waals surface area contributed by atoms with Crippen LogP contribution < -0.4 is 19.7 Å². The molecule has 0 saturated heterocycles. The van der Waals surface area contributed by atoms with Gasteiger partial charge in [-0.3, -0.25) is 14.5 Å². The number of amides is 1. The van der Waals surface area contributed by atoms with Crippen LogP contribution >= 0.6 is 0 Å². The van der Waals surface area contributed by atoms with Gasteiger partial charge < -0.3 is 15.0 Å². The Labute approximate surface area is 216 Å². The van der Waals surface area contributed by atoms with Crippen LogP contribution in [0, 0.1) is 5.82 Å². The average molecular weight is 530 g/mol. The number of nitrogens with one attached hydrogen (secondary N) is 2. The van der Waals surface area contributed by atoms with E-state index in [2.05, 4.69) is 20.0 Å². The smallest absolute Gasteiger partial charge is 0.238 e. The Kier molecular flexibility index (Phi) is 7.93. The molecule has 0 radical (unpaired) electrons. The van der Waals surface area contributed by atoms with Crippen molar-refractivity contribution in [3.05, 3.63) is 42.0 Å². The third kappa shape index (κ3) is 6.16. The molecule has 0 atom stereocenters. The first kappa shape index (κ1) is 26.7. The zero-order valence-corrected chi connectivity index (χ0v) is 22.2. The van der Waals surface area contributed by atoms with E-state index in [1.54, 1.807) is 19.3 Å². The molecule has 2 heterocycles. The number of sulfonamides is 1. The van der Waals surface area contributed by atoms with Crippen LogP contribution in [0.4, 0.5) is 15.8 Å². The molecular formula is C26H32FN5O4S. The van der Waals surface area contributed by atoms with Crippen LogP contribution in [0.3, 0.4) is 0 Å². The minimum Gasteiger partial charge on any atom is -0.475 e. The number of rotatable bonds is 11. The molecule has 1 aliphatic carbocycles. The molecule has 9 nitrogen and oxygen atoms in total. The zero-order valence-electron chi connectivity index (χ0n) is 21.4. The van der Waals surface area contributed by atoms with Crippen molar-refractivity contribution >= 4 is 38.7 Å². The van der Waals surface area contributed by atoms with Gasteiger partial charge in [0.1, 0.15) is 18.1 Å². The lowest BCUT2D eigenvalue weighted by Gasteiger charge is -2.30. The van der Waals surface area contributed by atoms with Crippen LogP contribution in [0.5, 0.6) is 5.88 Å². The number of ether oxygens (including phenoxy) is 1. The Hall–Kier alpha value is -3.31. The summed E-state index contributed by atoms with van der Waals surface area (Å²) in [6, 6.07) is 4.86. The molecule has 1 amide bonds. The monoisotopic (exact) mass is 529 g/mol. The lowest BCUT2D eigenvalue weighted by Crippen LogP contribution is -2.27. The summed E-state index contributed by atoms with van der Waals surface area (Å²) in [5.74, 6) is -0.164. The molecule has 1 aromatic carbocycles. The molecule has 0 aliphatic heterocycles. The predicted molar refractivity (Wildman–Crippen MR) is 143 cm³/mol. The van der Waals surface area contributed by atoms with Crippen LogP contribution in [-0.4, -0.2) is 57.3 Å². The van der Waals surface area contributed by atoms with E-state index in [-0.39, 0.29) is 35.7 Å². The highest BCUT2D eigenvalue weighted by Crippen LogP contribution is 2.45. The van der Waals surface area contributed by atoms with E-state index in [1.807, 2.05) is 13.8 Å². The summed E-state index contributed by atoms with van der Waals surface area (Å²) in [4.78, 5) is 21.7. The minimum absolute atomic E-state index is 0.104. The maximum absolute atomic E-state index is 15.3. The van der Waals surface area contributed by atoms with Gasteiger partial charge >= 0.3 is 0 Å². The molecule has 0 spiro atoms. The van der Waals surface area contributed by atoms with E-state index in [0.29, 0.717) is 23.3 Å². The van der Waals surface area contributed by atoms with Gasteiger partial charge in [-0.15, -0.1) is 0 Å². The third-order valence-corrected chi connectivity index (χ3v) is 6.97. The SMILES string of the molecule is CC(C)NCCOc1ncc(-c2cc3c(C4CCC4)c(N(C)C=O)cnc3cc2F)cc1NS(C)(=O)=O. The number of carbonyl (C=O) groups excluding carboxylic acids is 1. The highest BCUT2D eigenvalue weighted by Gasteiger charge is 2.27. The first-order chi connectivity index (χ1) is 17.6. The van der Waals surface area contributed by atoms with E-state index in [9.17, 15) is 13.2 Å². The van der Waals surface area contributed by atoms with Crippen molar-refractivity contribution in [1.29, 1.82) is 0 Å². The number of pyridine rings is 2. The number of hydrogen-bond acceptors (Lipinski definition) is 7. The van der Waals surface area contributed by atoms with Crippen LogP contribution in [0.1, 0.15) is 44.6 Å². The van der Waals surface area contributed by atoms with Crippen molar-refractivity contribution in [2.75, 3.05) is 36.1 Å². The molecule has 1 aliphatic rings. The molecule has 2 N–H and O–H groups in total. The number of carbonyl (C=O) groups is 1. The Morgan fingerprint density at radius 1 is 1.22 bits per heavy atom. The number of anilines is 2. The van der Waals surface area contributed by atoms with E-state index in [1.165, 1.54) is 23.2 Å². The Morgan fingerprint density at radius 3 is 2.59 bits per heavy atom. The van der Waals surface area contributed by atoms with E-state index in [0.717, 1.165) is 42.9 Å². The number of hydrogen-bond donors (Lipinski definition) is 2. The number of fused-ring (bicyclic) bond motifs is 1. The molecule has 1 fully saturated rings. The molecule has 2 aromatic heterocycles. The van der Waals surface area contributed by atoms with Gasteiger partial charge in [0.2, 0.25) is 22.3 Å². The minimum atomic E-state index is -3.65. The third-order valence-electron chi connectivity index (χ3n) is 6.38. The maximum Gasteiger partial charge on any atom is 0.238 e. The fraction of sp³-hybridized carbons (Fsp3) is 0.423. The molecule has 1 saturated carbocycles. The van der Waals surface area contributed by atoms with Gasteiger partial charge in [-0.1, -0.05) is 20.3 Å². The van der Waals surface area contributed by atoms with Crippen LogP contribution in [0.2, 0.25) is 0 Å². The first-order valence-corrected chi connectivity index (χ1v) is 14.1. The van der Waals surface area contributed by atoms with Gasteiger partial charge in [-0.25, -0.2) is 17.8 Å². The summed E-state index contributed by atoms with van der Waals surface area (Å²) < 4.78 is 47.5. The summed E-state index contributed by atoms with van der Waals surface area (Å²) in [5.41, 5.74) is 2.90. The van der Waals surface area contributed by atoms with Gasteiger partial charge in [0.25, 0.3) is 0 Å². The summed E-state index contributed by atoms with van der Waals surface area (Å²) in [5, 5.41) is 3.97. The summed E-state index contributed by atoms with van der Waals surface area (Å²) in [6.45, 7) is 4.84. The highest BCUT2D eigenvalue weighted by atomic mass is 32.2. The van der Waals surface area contributed by atoms with Crippen LogP contribution in [0.15, 0.2) is 30.6 Å².